The fraction of sp³-hybridized carbons (Fsp3) is 0.500. The summed E-state index contributed by atoms with van der Waals surface area (Å²) in [5, 5.41) is 0. The van der Waals surface area contributed by atoms with Gasteiger partial charge in [0.1, 0.15) is 0 Å². The molecule has 138 valence electrons. The number of fused-ring (bicyclic) bond motifs is 1. The number of likely N-dealkylation sites (tertiary alicyclic amines) is 1. The van der Waals surface area contributed by atoms with Crippen molar-refractivity contribution < 1.29 is 13.9 Å². The van der Waals surface area contributed by atoms with Crippen molar-refractivity contribution in [1.29, 1.82) is 0 Å². The predicted octanol–water partition coefficient (Wildman–Crippen LogP) is 2.35. The van der Waals surface area contributed by atoms with Crippen LogP contribution < -0.4 is 0 Å². The molecule has 2 aliphatic rings. The fourth-order valence-corrected chi connectivity index (χ4v) is 3.93. The zero-order valence-corrected chi connectivity index (χ0v) is 15.1. The largest absolute Gasteiger partial charge is 0.459 e. The van der Waals surface area contributed by atoms with Crippen molar-refractivity contribution in [1.82, 2.24) is 14.8 Å². The van der Waals surface area contributed by atoms with E-state index in [0.717, 1.165) is 38.2 Å². The van der Waals surface area contributed by atoms with Gasteiger partial charge in [-0.2, -0.15) is 0 Å². The molecule has 6 heteroatoms. The normalized spacial score (nSPS) is 24.1. The lowest BCUT2D eigenvalue weighted by Gasteiger charge is -2.37. The Kier molecular flexibility index (Phi) is 5.04. The second-order valence-electron chi connectivity index (χ2n) is 7.24. The molecule has 2 saturated heterocycles. The van der Waals surface area contributed by atoms with Gasteiger partial charge in [0.15, 0.2) is 5.76 Å². The van der Waals surface area contributed by atoms with Gasteiger partial charge in [-0.15, -0.1) is 0 Å². The van der Waals surface area contributed by atoms with Crippen molar-refractivity contribution in [2.24, 2.45) is 5.92 Å². The van der Waals surface area contributed by atoms with Gasteiger partial charge in [0.2, 0.25) is 0 Å². The SMILES string of the molecule is Cc1ccoc1C(=O)N1CC[C@H]2CN(Cc3cccnc3)CCO[C@H]2C1. The Balaban J connectivity index is 1.39. The van der Waals surface area contributed by atoms with Crippen LogP contribution in [0.3, 0.4) is 0 Å². The zero-order chi connectivity index (χ0) is 17.9. The first-order valence-corrected chi connectivity index (χ1v) is 9.27. The lowest BCUT2D eigenvalue weighted by Crippen LogP contribution is -2.49. The van der Waals surface area contributed by atoms with E-state index in [9.17, 15) is 4.79 Å². The first-order valence-electron chi connectivity index (χ1n) is 9.27. The van der Waals surface area contributed by atoms with Crippen LogP contribution in [0.1, 0.15) is 28.1 Å². The maximum absolute atomic E-state index is 12.7. The summed E-state index contributed by atoms with van der Waals surface area (Å²) >= 11 is 0. The first kappa shape index (κ1) is 17.2. The van der Waals surface area contributed by atoms with Crippen LogP contribution in [0.25, 0.3) is 0 Å². The van der Waals surface area contributed by atoms with Crippen LogP contribution in [-0.4, -0.2) is 59.6 Å². The van der Waals surface area contributed by atoms with Gasteiger partial charge in [0.25, 0.3) is 5.91 Å². The molecule has 26 heavy (non-hydrogen) atoms. The molecule has 0 aliphatic carbocycles. The quantitative estimate of drug-likeness (QED) is 0.846. The highest BCUT2D eigenvalue weighted by molar-refractivity contribution is 5.92. The molecule has 0 spiro atoms. The van der Waals surface area contributed by atoms with Crippen molar-refractivity contribution in [3.05, 3.63) is 53.7 Å². The third-order valence-corrected chi connectivity index (χ3v) is 5.40. The van der Waals surface area contributed by atoms with Crippen LogP contribution in [0, 0.1) is 12.8 Å². The van der Waals surface area contributed by atoms with E-state index in [-0.39, 0.29) is 12.0 Å². The minimum absolute atomic E-state index is 0.0222. The summed E-state index contributed by atoms with van der Waals surface area (Å²) in [6.45, 7) is 6.81. The Morgan fingerprint density at radius 1 is 1.31 bits per heavy atom. The summed E-state index contributed by atoms with van der Waals surface area (Å²) in [5.41, 5.74) is 2.12. The molecular weight excluding hydrogens is 330 g/mol. The van der Waals surface area contributed by atoms with Crippen LogP contribution in [0.2, 0.25) is 0 Å². The number of hydrogen-bond acceptors (Lipinski definition) is 5. The molecular formula is C20H25N3O3. The van der Waals surface area contributed by atoms with E-state index < -0.39 is 0 Å². The number of nitrogens with zero attached hydrogens (tertiary/aromatic N) is 3. The third kappa shape index (κ3) is 3.66. The summed E-state index contributed by atoms with van der Waals surface area (Å²) in [5.74, 6) is 0.886. The van der Waals surface area contributed by atoms with E-state index in [1.54, 1.807) is 12.5 Å². The Labute approximate surface area is 153 Å². The number of aromatic nitrogens is 1. The van der Waals surface area contributed by atoms with Crippen molar-refractivity contribution in [2.75, 3.05) is 32.8 Å². The first-order chi connectivity index (χ1) is 12.7. The smallest absolute Gasteiger partial charge is 0.289 e. The van der Waals surface area contributed by atoms with Gasteiger partial charge in [-0.25, -0.2) is 0 Å². The molecule has 6 nitrogen and oxygen atoms in total. The number of hydrogen-bond donors (Lipinski definition) is 0. The highest BCUT2D eigenvalue weighted by Crippen LogP contribution is 2.26. The molecule has 2 aliphatic heterocycles. The van der Waals surface area contributed by atoms with Crippen LogP contribution in [-0.2, 0) is 11.3 Å². The number of ether oxygens (including phenoxy) is 1. The molecule has 4 rings (SSSR count). The van der Waals surface area contributed by atoms with Gasteiger partial charge >= 0.3 is 0 Å². The van der Waals surface area contributed by atoms with Crippen molar-refractivity contribution in [3.63, 3.8) is 0 Å². The fourth-order valence-electron chi connectivity index (χ4n) is 3.93. The van der Waals surface area contributed by atoms with E-state index in [2.05, 4.69) is 16.0 Å². The Hall–Kier alpha value is -2.18. The molecule has 2 aromatic heterocycles. The van der Waals surface area contributed by atoms with Gasteiger partial charge < -0.3 is 14.1 Å². The molecule has 4 heterocycles. The summed E-state index contributed by atoms with van der Waals surface area (Å²) in [6, 6.07) is 5.93. The maximum atomic E-state index is 12.7. The summed E-state index contributed by atoms with van der Waals surface area (Å²) < 4.78 is 11.5. The average Bonchev–Trinajstić information content (AvgIpc) is 2.98. The number of rotatable bonds is 3. The van der Waals surface area contributed by atoms with Gasteiger partial charge in [0.05, 0.1) is 19.0 Å². The number of piperidine rings is 1. The number of carbonyl (C=O) groups excluding carboxylic acids is 1. The van der Waals surface area contributed by atoms with Crippen LogP contribution in [0.4, 0.5) is 0 Å². The van der Waals surface area contributed by atoms with Crippen LogP contribution in [0.15, 0.2) is 41.3 Å². The number of amides is 1. The van der Waals surface area contributed by atoms with E-state index in [4.69, 9.17) is 9.15 Å². The summed E-state index contributed by atoms with van der Waals surface area (Å²) in [6.07, 6.45) is 6.37. The Bertz CT molecular complexity index is 746. The van der Waals surface area contributed by atoms with Crippen molar-refractivity contribution in [3.8, 4) is 0 Å². The second-order valence-corrected chi connectivity index (χ2v) is 7.24. The second kappa shape index (κ2) is 7.60. The standard InChI is InChI=1S/C20H25N3O3/c1-15-5-9-26-19(15)20(24)23-7-4-17-13-22(8-10-25-18(17)14-23)12-16-3-2-6-21-11-16/h2-3,5-6,9,11,17-18H,4,7-8,10,12-14H2,1H3/t17-,18-/m0/s1. The number of aryl methyl sites for hydroxylation is 1. The molecule has 2 aromatic rings. The molecule has 0 unspecified atom stereocenters. The van der Waals surface area contributed by atoms with Crippen molar-refractivity contribution in [2.45, 2.75) is 26.0 Å². The van der Waals surface area contributed by atoms with Crippen LogP contribution in [0.5, 0.6) is 0 Å². The predicted molar refractivity (Wildman–Crippen MR) is 96.7 cm³/mol. The Morgan fingerprint density at radius 3 is 3.00 bits per heavy atom. The molecule has 0 N–H and O–H groups in total. The van der Waals surface area contributed by atoms with Gasteiger partial charge in [0, 0.05) is 56.6 Å². The monoisotopic (exact) mass is 355 g/mol. The van der Waals surface area contributed by atoms with E-state index in [1.807, 2.05) is 30.2 Å². The molecule has 2 fully saturated rings. The minimum Gasteiger partial charge on any atom is -0.459 e. The summed E-state index contributed by atoms with van der Waals surface area (Å²) in [7, 11) is 0. The van der Waals surface area contributed by atoms with Crippen molar-refractivity contribution >= 4 is 5.91 Å². The lowest BCUT2D eigenvalue weighted by atomic mass is 9.93. The van der Waals surface area contributed by atoms with E-state index in [1.165, 1.54) is 5.56 Å². The molecule has 0 radical (unpaired) electrons. The number of furan rings is 1. The number of carbonyl (C=O) groups is 1. The number of pyridine rings is 1. The highest BCUT2D eigenvalue weighted by atomic mass is 16.5. The highest BCUT2D eigenvalue weighted by Gasteiger charge is 2.36. The topological polar surface area (TPSA) is 58.8 Å². The van der Waals surface area contributed by atoms with Gasteiger partial charge in [-0.3, -0.25) is 14.7 Å². The molecule has 2 atom stereocenters. The molecule has 0 bridgehead atoms. The molecule has 0 aromatic carbocycles. The third-order valence-electron chi connectivity index (χ3n) is 5.40. The lowest BCUT2D eigenvalue weighted by molar-refractivity contribution is -0.0179. The maximum Gasteiger partial charge on any atom is 0.289 e. The van der Waals surface area contributed by atoms with Gasteiger partial charge in [-0.1, -0.05) is 6.07 Å². The minimum atomic E-state index is -0.0222. The van der Waals surface area contributed by atoms with E-state index >= 15 is 0 Å². The van der Waals surface area contributed by atoms with E-state index in [0.29, 0.717) is 24.8 Å². The van der Waals surface area contributed by atoms with Gasteiger partial charge in [-0.05, 0) is 31.0 Å². The van der Waals surface area contributed by atoms with Crippen LogP contribution >= 0.6 is 0 Å². The molecule has 0 saturated carbocycles. The Morgan fingerprint density at radius 2 is 2.23 bits per heavy atom. The zero-order valence-electron chi connectivity index (χ0n) is 15.1. The molecule has 1 amide bonds. The summed E-state index contributed by atoms with van der Waals surface area (Å²) in [4.78, 5) is 21.2. The average molecular weight is 355 g/mol.